The number of likely N-dealkylation sites (tertiary alicyclic amines) is 1. The van der Waals surface area contributed by atoms with Crippen molar-refractivity contribution in [1.82, 2.24) is 9.47 Å². The zero-order valence-corrected chi connectivity index (χ0v) is 20.2. The van der Waals surface area contributed by atoms with Crippen LogP contribution in [0.2, 0.25) is 0 Å². The average Bonchev–Trinajstić information content (AvgIpc) is 3.19. The topological polar surface area (TPSA) is 25.2 Å². The maximum atomic E-state index is 13.8. The molecular formula is C29H36N2O. The van der Waals surface area contributed by atoms with Crippen LogP contribution in [0.1, 0.15) is 69.1 Å². The summed E-state index contributed by atoms with van der Waals surface area (Å²) in [5, 5.41) is 1.25. The Morgan fingerprint density at radius 2 is 1.78 bits per heavy atom. The van der Waals surface area contributed by atoms with Gasteiger partial charge in [0.2, 0.25) is 5.91 Å². The third-order valence-corrected chi connectivity index (χ3v) is 7.90. The molecule has 0 N–H and O–H groups in total. The van der Waals surface area contributed by atoms with Crippen LogP contribution in [0.3, 0.4) is 0 Å². The normalized spacial score (nSPS) is 25.3. The van der Waals surface area contributed by atoms with Gasteiger partial charge >= 0.3 is 0 Å². The Hall–Kier alpha value is -2.55. The molecule has 3 unspecified atom stereocenters. The van der Waals surface area contributed by atoms with Gasteiger partial charge in [-0.05, 0) is 54.2 Å². The second kappa shape index (κ2) is 7.50. The molecule has 1 aliphatic heterocycles. The fourth-order valence-electron chi connectivity index (χ4n) is 6.90. The van der Waals surface area contributed by atoms with E-state index < -0.39 is 0 Å². The molecule has 32 heavy (non-hydrogen) atoms. The summed E-state index contributed by atoms with van der Waals surface area (Å²) in [7, 11) is 2.10. The van der Waals surface area contributed by atoms with Crippen LogP contribution < -0.4 is 0 Å². The SMILES string of the molecule is Cc1ccc(C(CC(=O)N2CC3(C)CC2CC(C)(C)C3)c2cn(C)c3ccccc23)cc1. The van der Waals surface area contributed by atoms with Gasteiger partial charge in [-0.15, -0.1) is 0 Å². The van der Waals surface area contributed by atoms with Gasteiger partial charge in [-0.2, -0.15) is 0 Å². The van der Waals surface area contributed by atoms with E-state index in [0.29, 0.717) is 23.8 Å². The van der Waals surface area contributed by atoms with Crippen molar-refractivity contribution in [2.45, 2.75) is 65.3 Å². The Kier molecular flexibility index (Phi) is 5.00. The Balaban J connectivity index is 1.51. The standard InChI is InChI=1S/C29H36N2O/c1-20-10-12-21(13-11-20)24(25-17-30(5)26-9-7-6-8-23(25)26)14-27(32)31-19-29(4)16-22(31)15-28(2,3)18-29/h6-13,17,22,24H,14-16,18-19H2,1-5H3. The number of hydrogen-bond donors (Lipinski definition) is 0. The first-order valence-corrected chi connectivity index (χ1v) is 12.0. The van der Waals surface area contributed by atoms with E-state index in [4.69, 9.17) is 0 Å². The molecule has 3 atom stereocenters. The molecule has 2 fully saturated rings. The number of benzene rings is 2. The van der Waals surface area contributed by atoms with Crippen molar-refractivity contribution in [3.63, 3.8) is 0 Å². The second-order valence-electron chi connectivity index (χ2n) is 11.6. The van der Waals surface area contributed by atoms with Crippen LogP contribution >= 0.6 is 0 Å². The fourth-order valence-corrected chi connectivity index (χ4v) is 6.90. The number of aromatic nitrogens is 1. The first-order chi connectivity index (χ1) is 15.1. The summed E-state index contributed by atoms with van der Waals surface area (Å²) < 4.78 is 2.20. The first kappa shape index (κ1) is 21.3. The smallest absolute Gasteiger partial charge is 0.223 e. The number of rotatable bonds is 4. The maximum absolute atomic E-state index is 13.8. The van der Waals surface area contributed by atoms with Crippen LogP contribution in [-0.4, -0.2) is 28.0 Å². The van der Waals surface area contributed by atoms with Crippen LogP contribution in [0.4, 0.5) is 0 Å². The zero-order chi connectivity index (χ0) is 22.7. The van der Waals surface area contributed by atoms with Crippen molar-refractivity contribution < 1.29 is 4.79 Å². The number of amides is 1. The lowest BCUT2D eigenvalue weighted by molar-refractivity contribution is -0.132. The third kappa shape index (κ3) is 3.76. The van der Waals surface area contributed by atoms with E-state index in [1.54, 1.807) is 0 Å². The van der Waals surface area contributed by atoms with Crippen molar-refractivity contribution in [2.75, 3.05) is 6.54 Å². The number of nitrogens with zero attached hydrogens (tertiary/aromatic N) is 2. The minimum absolute atomic E-state index is 0.0652. The molecule has 0 spiro atoms. The van der Waals surface area contributed by atoms with Crippen molar-refractivity contribution >= 4 is 16.8 Å². The van der Waals surface area contributed by atoms with Crippen molar-refractivity contribution in [3.8, 4) is 0 Å². The van der Waals surface area contributed by atoms with Crippen molar-refractivity contribution in [2.24, 2.45) is 17.9 Å². The lowest BCUT2D eigenvalue weighted by Gasteiger charge is -2.39. The molecule has 2 aliphatic rings. The van der Waals surface area contributed by atoms with Gasteiger partial charge in [-0.3, -0.25) is 4.79 Å². The molecule has 168 valence electrons. The Labute approximate surface area is 192 Å². The van der Waals surface area contributed by atoms with E-state index in [2.05, 4.69) is 98.9 Å². The Bertz CT molecular complexity index is 1160. The summed E-state index contributed by atoms with van der Waals surface area (Å²) in [4.78, 5) is 16.1. The summed E-state index contributed by atoms with van der Waals surface area (Å²) >= 11 is 0. The molecule has 3 nitrogen and oxygen atoms in total. The molecule has 1 aromatic heterocycles. The zero-order valence-electron chi connectivity index (χ0n) is 20.2. The van der Waals surface area contributed by atoms with Gasteiger partial charge in [0, 0.05) is 49.1 Å². The number of para-hydroxylation sites is 1. The number of carbonyl (C=O) groups is 1. The van der Waals surface area contributed by atoms with E-state index >= 15 is 0 Å². The van der Waals surface area contributed by atoms with E-state index in [1.807, 2.05) is 0 Å². The van der Waals surface area contributed by atoms with Crippen LogP contribution in [0, 0.1) is 17.8 Å². The first-order valence-electron chi connectivity index (χ1n) is 12.0. The lowest BCUT2D eigenvalue weighted by atomic mass is 9.65. The second-order valence-corrected chi connectivity index (χ2v) is 11.6. The van der Waals surface area contributed by atoms with Crippen molar-refractivity contribution in [3.05, 3.63) is 71.4 Å². The van der Waals surface area contributed by atoms with Crippen LogP contribution in [0.15, 0.2) is 54.7 Å². The maximum Gasteiger partial charge on any atom is 0.223 e. The summed E-state index contributed by atoms with van der Waals surface area (Å²) in [6.07, 6.45) is 6.26. The highest BCUT2D eigenvalue weighted by molar-refractivity contribution is 5.86. The van der Waals surface area contributed by atoms with Gasteiger partial charge in [0.25, 0.3) is 0 Å². The number of aryl methyl sites for hydroxylation is 2. The molecule has 2 heterocycles. The van der Waals surface area contributed by atoms with Gasteiger partial charge in [0.05, 0.1) is 0 Å². The minimum atomic E-state index is 0.0652. The molecule has 1 saturated heterocycles. The van der Waals surface area contributed by atoms with Gasteiger partial charge in [-0.25, -0.2) is 0 Å². The van der Waals surface area contributed by atoms with Crippen LogP contribution in [0.5, 0.6) is 0 Å². The molecule has 3 heteroatoms. The molecule has 1 aliphatic carbocycles. The van der Waals surface area contributed by atoms with Gasteiger partial charge < -0.3 is 9.47 Å². The minimum Gasteiger partial charge on any atom is -0.350 e. The average molecular weight is 429 g/mol. The van der Waals surface area contributed by atoms with E-state index in [9.17, 15) is 4.79 Å². The molecule has 1 saturated carbocycles. The highest BCUT2D eigenvalue weighted by Gasteiger charge is 2.51. The van der Waals surface area contributed by atoms with Crippen LogP contribution in [0.25, 0.3) is 10.9 Å². The molecule has 2 aromatic carbocycles. The summed E-state index contributed by atoms with van der Waals surface area (Å²) in [6, 6.07) is 17.7. The Morgan fingerprint density at radius 1 is 1.06 bits per heavy atom. The number of hydrogen-bond acceptors (Lipinski definition) is 1. The summed E-state index contributed by atoms with van der Waals surface area (Å²) in [5.74, 6) is 0.380. The van der Waals surface area contributed by atoms with E-state index in [1.165, 1.54) is 34.0 Å². The highest BCUT2D eigenvalue weighted by atomic mass is 16.2. The van der Waals surface area contributed by atoms with Crippen molar-refractivity contribution in [1.29, 1.82) is 0 Å². The Morgan fingerprint density at radius 3 is 2.53 bits per heavy atom. The molecule has 5 rings (SSSR count). The van der Waals surface area contributed by atoms with Gasteiger partial charge in [-0.1, -0.05) is 68.8 Å². The monoisotopic (exact) mass is 428 g/mol. The lowest BCUT2D eigenvalue weighted by Crippen LogP contribution is -2.38. The molecule has 1 amide bonds. The fraction of sp³-hybridized carbons (Fsp3) is 0.483. The molecule has 3 aromatic rings. The summed E-state index contributed by atoms with van der Waals surface area (Å²) in [5.41, 5.74) is 5.54. The summed E-state index contributed by atoms with van der Waals surface area (Å²) in [6.45, 7) is 10.2. The quantitative estimate of drug-likeness (QED) is 0.470. The highest BCUT2D eigenvalue weighted by Crippen LogP contribution is 2.53. The largest absolute Gasteiger partial charge is 0.350 e. The van der Waals surface area contributed by atoms with Crippen LogP contribution in [-0.2, 0) is 11.8 Å². The van der Waals surface area contributed by atoms with Gasteiger partial charge in [0.15, 0.2) is 0 Å². The molecule has 2 bridgehead atoms. The predicted octanol–water partition coefficient (Wildman–Crippen LogP) is 6.44. The van der Waals surface area contributed by atoms with E-state index in [-0.39, 0.29) is 11.3 Å². The third-order valence-electron chi connectivity index (χ3n) is 7.90. The van der Waals surface area contributed by atoms with Gasteiger partial charge in [0.1, 0.15) is 0 Å². The predicted molar refractivity (Wildman–Crippen MR) is 132 cm³/mol. The van der Waals surface area contributed by atoms with E-state index in [0.717, 1.165) is 19.4 Å². The molecular weight excluding hydrogens is 392 g/mol. The number of carbonyl (C=O) groups excluding carboxylic acids is 1. The number of fused-ring (bicyclic) bond motifs is 3. The molecule has 0 radical (unpaired) electrons.